The standard InChI is InChI=1S/C17H24FNO3/c1-16(2,3)19-11-10-17(9-4-12-20,22-15(19)21)13-5-7-14(18)8-6-13/h5-8,20H,4,9-12H2,1-3H3. The van der Waals surface area contributed by atoms with E-state index in [2.05, 4.69) is 0 Å². The highest BCUT2D eigenvalue weighted by Crippen LogP contribution is 2.39. The maximum atomic E-state index is 13.2. The van der Waals surface area contributed by atoms with Crippen LogP contribution in [0.3, 0.4) is 0 Å². The van der Waals surface area contributed by atoms with E-state index in [1.807, 2.05) is 20.8 Å². The van der Waals surface area contributed by atoms with Gasteiger partial charge in [-0.15, -0.1) is 0 Å². The van der Waals surface area contributed by atoms with Gasteiger partial charge in [-0.3, -0.25) is 0 Å². The van der Waals surface area contributed by atoms with Gasteiger partial charge in [0.25, 0.3) is 0 Å². The molecule has 1 saturated heterocycles. The number of aliphatic hydroxyl groups excluding tert-OH is 1. The molecule has 0 bridgehead atoms. The third-order valence-electron chi connectivity index (χ3n) is 4.16. The number of carbonyl (C=O) groups excluding carboxylic acids is 1. The molecule has 2 rings (SSSR count). The molecule has 1 aliphatic heterocycles. The highest BCUT2D eigenvalue weighted by molar-refractivity contribution is 5.70. The maximum Gasteiger partial charge on any atom is 0.411 e. The van der Waals surface area contributed by atoms with E-state index >= 15 is 0 Å². The molecule has 22 heavy (non-hydrogen) atoms. The molecular weight excluding hydrogens is 285 g/mol. The summed E-state index contributed by atoms with van der Waals surface area (Å²) in [5.41, 5.74) is -0.303. The van der Waals surface area contributed by atoms with E-state index in [-0.39, 0.29) is 24.1 Å². The van der Waals surface area contributed by atoms with Crippen LogP contribution in [0.25, 0.3) is 0 Å². The Morgan fingerprint density at radius 3 is 2.45 bits per heavy atom. The minimum atomic E-state index is -0.782. The average Bonchev–Trinajstić information content (AvgIpc) is 2.44. The van der Waals surface area contributed by atoms with Gasteiger partial charge in [-0.25, -0.2) is 9.18 Å². The molecule has 1 aliphatic rings. The van der Waals surface area contributed by atoms with Crippen LogP contribution in [0.15, 0.2) is 24.3 Å². The topological polar surface area (TPSA) is 49.8 Å². The van der Waals surface area contributed by atoms with E-state index in [9.17, 15) is 9.18 Å². The van der Waals surface area contributed by atoms with E-state index in [1.165, 1.54) is 12.1 Å². The fourth-order valence-corrected chi connectivity index (χ4v) is 2.91. The van der Waals surface area contributed by atoms with Gasteiger partial charge in [0.1, 0.15) is 11.4 Å². The second-order valence-electron chi connectivity index (χ2n) is 6.77. The summed E-state index contributed by atoms with van der Waals surface area (Å²) >= 11 is 0. The number of carbonyl (C=O) groups is 1. The summed E-state index contributed by atoms with van der Waals surface area (Å²) < 4.78 is 19.0. The van der Waals surface area contributed by atoms with E-state index in [0.29, 0.717) is 25.8 Å². The number of benzene rings is 1. The van der Waals surface area contributed by atoms with Gasteiger partial charge in [0.05, 0.1) is 0 Å². The summed E-state index contributed by atoms with van der Waals surface area (Å²) in [6.07, 6.45) is 1.32. The number of ether oxygens (including phenoxy) is 1. The van der Waals surface area contributed by atoms with Gasteiger partial charge >= 0.3 is 6.09 Å². The van der Waals surface area contributed by atoms with Crippen molar-refractivity contribution in [3.63, 3.8) is 0 Å². The van der Waals surface area contributed by atoms with Crippen molar-refractivity contribution in [1.29, 1.82) is 0 Å². The Kier molecular flexibility index (Phi) is 4.75. The van der Waals surface area contributed by atoms with Crippen LogP contribution >= 0.6 is 0 Å². The van der Waals surface area contributed by atoms with Gasteiger partial charge in [-0.1, -0.05) is 12.1 Å². The number of nitrogens with zero attached hydrogens (tertiary/aromatic N) is 1. The van der Waals surface area contributed by atoms with Crippen molar-refractivity contribution in [2.75, 3.05) is 13.2 Å². The van der Waals surface area contributed by atoms with Crippen molar-refractivity contribution in [3.8, 4) is 0 Å². The summed E-state index contributed by atoms with van der Waals surface area (Å²) in [6, 6.07) is 6.07. The lowest BCUT2D eigenvalue weighted by atomic mass is 9.84. The molecule has 122 valence electrons. The molecule has 1 aromatic rings. The van der Waals surface area contributed by atoms with Gasteiger partial charge < -0.3 is 14.7 Å². The highest BCUT2D eigenvalue weighted by atomic mass is 19.1. The Bertz CT molecular complexity index is 524. The SMILES string of the molecule is CC(C)(C)N1CCC(CCCO)(c2ccc(F)cc2)OC1=O. The van der Waals surface area contributed by atoms with Crippen molar-refractivity contribution >= 4 is 6.09 Å². The number of hydrogen-bond acceptors (Lipinski definition) is 3. The molecule has 0 radical (unpaired) electrons. The molecule has 1 fully saturated rings. The Balaban J connectivity index is 2.29. The zero-order valence-electron chi connectivity index (χ0n) is 13.4. The molecule has 0 saturated carbocycles. The summed E-state index contributed by atoms with van der Waals surface area (Å²) in [7, 11) is 0. The first-order chi connectivity index (χ1) is 10.3. The minimum absolute atomic E-state index is 0.0312. The second-order valence-corrected chi connectivity index (χ2v) is 6.77. The Morgan fingerprint density at radius 1 is 1.32 bits per heavy atom. The van der Waals surface area contributed by atoms with Gasteiger partial charge in [-0.2, -0.15) is 0 Å². The zero-order valence-corrected chi connectivity index (χ0v) is 13.4. The normalized spacial score (nSPS) is 22.6. The maximum absolute atomic E-state index is 13.2. The first-order valence-electron chi connectivity index (χ1n) is 7.66. The molecule has 0 aliphatic carbocycles. The summed E-state index contributed by atoms with van der Waals surface area (Å²) in [5.74, 6) is -0.320. The van der Waals surface area contributed by atoms with Crippen LogP contribution in [-0.2, 0) is 10.3 Å². The fourth-order valence-electron chi connectivity index (χ4n) is 2.91. The number of halogens is 1. The van der Waals surface area contributed by atoms with E-state index in [1.54, 1.807) is 17.0 Å². The molecule has 1 N–H and O–H groups in total. The van der Waals surface area contributed by atoms with Crippen molar-refractivity contribution in [2.24, 2.45) is 0 Å². The molecule has 0 aromatic heterocycles. The van der Waals surface area contributed by atoms with Crippen LogP contribution in [0.1, 0.15) is 45.6 Å². The molecular formula is C17H24FNO3. The number of hydrogen-bond donors (Lipinski definition) is 1. The Morgan fingerprint density at radius 2 is 1.95 bits per heavy atom. The number of amides is 1. The van der Waals surface area contributed by atoms with Gasteiger partial charge in [0.15, 0.2) is 0 Å². The predicted molar refractivity (Wildman–Crippen MR) is 82.0 cm³/mol. The first-order valence-corrected chi connectivity index (χ1v) is 7.66. The smallest absolute Gasteiger partial charge is 0.411 e. The lowest BCUT2D eigenvalue weighted by Gasteiger charge is -2.46. The molecule has 0 spiro atoms. The van der Waals surface area contributed by atoms with Gasteiger partial charge in [-0.05, 0) is 51.3 Å². The molecule has 1 amide bonds. The largest absolute Gasteiger partial charge is 0.438 e. The second kappa shape index (κ2) is 6.24. The summed E-state index contributed by atoms with van der Waals surface area (Å²) in [5, 5.41) is 9.14. The first kappa shape index (κ1) is 16.7. The number of aliphatic hydroxyl groups is 1. The van der Waals surface area contributed by atoms with Crippen molar-refractivity contribution in [2.45, 2.75) is 51.2 Å². The molecule has 5 heteroatoms. The van der Waals surface area contributed by atoms with E-state index in [0.717, 1.165) is 5.56 Å². The zero-order chi connectivity index (χ0) is 16.4. The summed E-state index contributed by atoms with van der Waals surface area (Å²) in [6.45, 7) is 6.50. The monoisotopic (exact) mass is 309 g/mol. The van der Waals surface area contributed by atoms with E-state index < -0.39 is 5.60 Å². The lowest BCUT2D eigenvalue weighted by Crippen LogP contribution is -2.54. The summed E-state index contributed by atoms with van der Waals surface area (Å²) in [4.78, 5) is 14.1. The van der Waals surface area contributed by atoms with Crippen LogP contribution < -0.4 is 0 Å². The Hall–Kier alpha value is -1.62. The van der Waals surface area contributed by atoms with Crippen LogP contribution in [0.2, 0.25) is 0 Å². The van der Waals surface area contributed by atoms with Gasteiger partial charge in [0.2, 0.25) is 0 Å². The third-order valence-corrected chi connectivity index (χ3v) is 4.16. The van der Waals surface area contributed by atoms with Crippen LogP contribution in [0.4, 0.5) is 9.18 Å². The number of rotatable bonds is 4. The lowest BCUT2D eigenvalue weighted by molar-refractivity contribution is -0.0770. The molecule has 1 unspecified atom stereocenters. The van der Waals surface area contributed by atoms with Crippen LogP contribution in [0, 0.1) is 5.82 Å². The van der Waals surface area contributed by atoms with Crippen LogP contribution in [0.5, 0.6) is 0 Å². The molecule has 1 atom stereocenters. The average molecular weight is 309 g/mol. The fraction of sp³-hybridized carbons (Fsp3) is 0.588. The highest BCUT2D eigenvalue weighted by Gasteiger charge is 2.44. The van der Waals surface area contributed by atoms with Crippen LogP contribution in [-0.4, -0.2) is 34.8 Å². The quantitative estimate of drug-likeness (QED) is 0.927. The molecule has 4 nitrogen and oxygen atoms in total. The van der Waals surface area contributed by atoms with Crippen molar-refractivity contribution < 1.29 is 19.0 Å². The molecule has 1 aromatic carbocycles. The number of cyclic esters (lactones) is 1. The molecule has 1 heterocycles. The Labute approximate surface area is 130 Å². The third kappa shape index (κ3) is 3.40. The van der Waals surface area contributed by atoms with E-state index in [4.69, 9.17) is 9.84 Å². The van der Waals surface area contributed by atoms with Crippen molar-refractivity contribution in [3.05, 3.63) is 35.6 Å². The van der Waals surface area contributed by atoms with Gasteiger partial charge in [0, 0.05) is 25.1 Å². The van der Waals surface area contributed by atoms with Crippen molar-refractivity contribution in [1.82, 2.24) is 4.90 Å². The predicted octanol–water partition coefficient (Wildman–Crippen LogP) is 3.43. The minimum Gasteiger partial charge on any atom is -0.438 e.